The van der Waals surface area contributed by atoms with Crippen molar-refractivity contribution in [3.63, 3.8) is 0 Å². The second-order valence-corrected chi connectivity index (χ2v) is 15.6. The van der Waals surface area contributed by atoms with Crippen molar-refractivity contribution in [3.05, 3.63) is 176 Å². The van der Waals surface area contributed by atoms with Crippen LogP contribution in [0.15, 0.2) is 176 Å². The maximum atomic E-state index is 14.7. The molecule has 1 heterocycles. The quantitative estimate of drug-likeness (QED) is 0.0981. The number of hydrogen-bond acceptors (Lipinski definition) is 6. The number of hydrogen-bond donors (Lipinski definition) is 0. The molecule has 0 amide bonds. The van der Waals surface area contributed by atoms with Gasteiger partial charge in [0.2, 0.25) is 0 Å². The summed E-state index contributed by atoms with van der Waals surface area (Å²) in [7, 11) is -3.65. The molecule has 0 unspecified atom stereocenters. The Bertz CT molecular complexity index is 2140. The number of anilines is 6. The molecular formula is C46H43N2O3PS. The molecule has 0 saturated carbocycles. The van der Waals surface area contributed by atoms with E-state index in [0.717, 1.165) is 67.8 Å². The molecule has 7 aromatic rings. The molecule has 266 valence electrons. The van der Waals surface area contributed by atoms with Crippen LogP contribution in [0.3, 0.4) is 0 Å². The molecule has 0 bridgehead atoms. The summed E-state index contributed by atoms with van der Waals surface area (Å²) >= 11 is 1.61. The van der Waals surface area contributed by atoms with Gasteiger partial charge in [0, 0.05) is 39.0 Å². The monoisotopic (exact) mass is 734 g/mol. The van der Waals surface area contributed by atoms with Gasteiger partial charge in [0.25, 0.3) is 0 Å². The summed E-state index contributed by atoms with van der Waals surface area (Å²) in [6, 6.07) is 60.5. The number of para-hydroxylation sites is 4. The average molecular weight is 735 g/mol. The number of benzene rings is 6. The van der Waals surface area contributed by atoms with Crippen molar-refractivity contribution in [3.8, 4) is 20.9 Å². The molecule has 1 aromatic heterocycles. The van der Waals surface area contributed by atoms with Crippen LogP contribution >= 0.6 is 18.9 Å². The summed E-state index contributed by atoms with van der Waals surface area (Å²) in [5.74, 6) is 0. The van der Waals surface area contributed by atoms with Gasteiger partial charge in [0.1, 0.15) is 0 Å². The first-order valence-corrected chi connectivity index (χ1v) is 20.5. The van der Waals surface area contributed by atoms with Gasteiger partial charge in [-0.1, -0.05) is 111 Å². The van der Waals surface area contributed by atoms with Gasteiger partial charge >= 0.3 is 7.60 Å². The number of nitrogens with zero attached hydrogens (tertiary/aromatic N) is 2. The SMILES string of the molecule is CCCOP(=O)(OCCC)c1cc(-c2ccc(N(c3ccccc3)c3ccccc3)cc2)sc1-c1ccc(N(c2ccccc2)c2ccccc2)cc1. The molecule has 0 aliphatic heterocycles. The molecule has 0 aliphatic carbocycles. The van der Waals surface area contributed by atoms with Crippen LogP contribution in [-0.2, 0) is 13.6 Å². The van der Waals surface area contributed by atoms with Gasteiger partial charge in [-0.3, -0.25) is 4.57 Å². The highest BCUT2D eigenvalue weighted by molar-refractivity contribution is 7.63. The van der Waals surface area contributed by atoms with Gasteiger partial charge in [-0.2, -0.15) is 0 Å². The second kappa shape index (κ2) is 17.1. The minimum absolute atomic E-state index is 0.344. The molecule has 5 nitrogen and oxygen atoms in total. The Labute approximate surface area is 317 Å². The first-order chi connectivity index (χ1) is 26.1. The first-order valence-electron chi connectivity index (χ1n) is 18.1. The Morgan fingerprint density at radius 3 is 1.17 bits per heavy atom. The van der Waals surface area contributed by atoms with Crippen molar-refractivity contribution < 1.29 is 13.6 Å². The third kappa shape index (κ3) is 8.22. The predicted octanol–water partition coefficient (Wildman–Crippen LogP) is 13.7. The van der Waals surface area contributed by atoms with Gasteiger partial charge in [0.05, 0.1) is 23.4 Å². The summed E-state index contributed by atoms with van der Waals surface area (Å²) in [5, 5.41) is 0.606. The van der Waals surface area contributed by atoms with E-state index >= 15 is 0 Å². The average Bonchev–Trinajstić information content (AvgIpc) is 3.68. The van der Waals surface area contributed by atoms with Crippen molar-refractivity contribution in [2.75, 3.05) is 23.0 Å². The number of rotatable bonds is 15. The third-order valence-electron chi connectivity index (χ3n) is 8.79. The Morgan fingerprint density at radius 2 is 0.811 bits per heavy atom. The van der Waals surface area contributed by atoms with E-state index in [1.54, 1.807) is 11.3 Å². The first kappa shape index (κ1) is 36.1. The zero-order chi connectivity index (χ0) is 36.5. The normalized spacial score (nSPS) is 11.4. The molecule has 0 fully saturated rings. The van der Waals surface area contributed by atoms with Crippen molar-refractivity contribution in [2.24, 2.45) is 0 Å². The van der Waals surface area contributed by atoms with Crippen LogP contribution in [0.4, 0.5) is 34.1 Å². The molecule has 0 saturated heterocycles. The highest BCUT2D eigenvalue weighted by Crippen LogP contribution is 2.53. The van der Waals surface area contributed by atoms with Crippen LogP contribution in [0.2, 0.25) is 0 Å². The molecule has 53 heavy (non-hydrogen) atoms. The topological polar surface area (TPSA) is 42.0 Å². The smallest absolute Gasteiger partial charge is 0.311 e. The Morgan fingerprint density at radius 1 is 0.472 bits per heavy atom. The lowest BCUT2D eigenvalue weighted by Gasteiger charge is -2.25. The second-order valence-electron chi connectivity index (χ2n) is 12.6. The van der Waals surface area contributed by atoms with E-state index in [4.69, 9.17) is 9.05 Å². The summed E-state index contributed by atoms with van der Waals surface area (Å²) in [5.41, 5.74) is 8.34. The van der Waals surface area contributed by atoms with Crippen LogP contribution in [0.25, 0.3) is 20.9 Å². The molecule has 0 atom stereocenters. The van der Waals surface area contributed by atoms with E-state index < -0.39 is 7.60 Å². The van der Waals surface area contributed by atoms with Gasteiger partial charge in [0.15, 0.2) is 0 Å². The van der Waals surface area contributed by atoms with Crippen molar-refractivity contribution >= 4 is 58.4 Å². The van der Waals surface area contributed by atoms with Gasteiger partial charge in [-0.05, 0) is 103 Å². The lowest BCUT2D eigenvalue weighted by Crippen LogP contribution is -2.12. The van der Waals surface area contributed by atoms with Crippen molar-refractivity contribution in [1.82, 2.24) is 0 Å². The fourth-order valence-electron chi connectivity index (χ4n) is 6.27. The summed E-state index contributed by atoms with van der Waals surface area (Å²) in [6.45, 7) is 4.72. The highest BCUT2D eigenvalue weighted by atomic mass is 32.1. The molecule has 0 spiro atoms. The van der Waals surface area contributed by atoms with Crippen LogP contribution < -0.4 is 15.1 Å². The summed E-state index contributed by atoms with van der Waals surface area (Å²) in [6.07, 6.45) is 1.46. The standard InChI is InChI=1S/C46H43N2O3PS/c1-3-33-50-52(49,51-34-4-2)44-35-45(36-25-29-42(30-26-36)47(38-17-9-5-10-18-38)39-19-11-6-12-20-39)53-46(44)37-27-31-43(32-28-37)48(40-21-13-7-14-22-40)41-23-15-8-16-24-41/h5-32,35H,3-4,33-34H2,1-2H3. The van der Waals surface area contributed by atoms with Crippen LogP contribution in [0.5, 0.6) is 0 Å². The maximum Gasteiger partial charge on any atom is 0.362 e. The minimum Gasteiger partial charge on any atom is -0.311 e. The fraction of sp³-hybridized carbons (Fsp3) is 0.130. The largest absolute Gasteiger partial charge is 0.362 e. The minimum atomic E-state index is -3.65. The summed E-state index contributed by atoms with van der Waals surface area (Å²) < 4.78 is 27.0. The lowest BCUT2D eigenvalue weighted by molar-refractivity contribution is 0.213. The Balaban J connectivity index is 1.29. The molecule has 0 N–H and O–H groups in total. The Hall–Kier alpha value is -5.23. The highest BCUT2D eigenvalue weighted by Gasteiger charge is 2.33. The molecule has 6 aromatic carbocycles. The third-order valence-corrected chi connectivity index (χ3v) is 12.2. The van der Waals surface area contributed by atoms with Gasteiger partial charge in [-0.25, -0.2) is 0 Å². The number of thiophene rings is 1. The van der Waals surface area contributed by atoms with E-state index in [2.05, 4.69) is 155 Å². The van der Waals surface area contributed by atoms with Crippen molar-refractivity contribution in [1.29, 1.82) is 0 Å². The lowest BCUT2D eigenvalue weighted by atomic mass is 10.1. The van der Waals surface area contributed by atoms with Gasteiger partial charge in [-0.15, -0.1) is 11.3 Å². The molecular weight excluding hydrogens is 692 g/mol. The van der Waals surface area contributed by atoms with E-state index in [0.29, 0.717) is 18.5 Å². The van der Waals surface area contributed by atoms with E-state index in [-0.39, 0.29) is 0 Å². The molecule has 0 radical (unpaired) electrons. The summed E-state index contributed by atoms with van der Waals surface area (Å²) in [4.78, 5) is 6.36. The maximum absolute atomic E-state index is 14.7. The molecule has 7 heteroatoms. The fourth-order valence-corrected chi connectivity index (χ4v) is 9.76. The van der Waals surface area contributed by atoms with Crippen molar-refractivity contribution in [2.45, 2.75) is 26.7 Å². The molecule has 7 rings (SSSR count). The van der Waals surface area contributed by atoms with Gasteiger partial charge < -0.3 is 18.8 Å². The predicted molar refractivity (Wildman–Crippen MR) is 224 cm³/mol. The zero-order valence-corrected chi connectivity index (χ0v) is 31.8. The van der Waals surface area contributed by atoms with E-state index in [1.807, 2.05) is 44.2 Å². The van der Waals surface area contributed by atoms with Crippen LogP contribution in [0, 0.1) is 0 Å². The van der Waals surface area contributed by atoms with Crippen LogP contribution in [-0.4, -0.2) is 13.2 Å². The Kier molecular flexibility index (Phi) is 11.6. The zero-order valence-electron chi connectivity index (χ0n) is 30.0. The van der Waals surface area contributed by atoms with E-state index in [1.165, 1.54) is 0 Å². The molecule has 0 aliphatic rings. The van der Waals surface area contributed by atoms with Crippen LogP contribution in [0.1, 0.15) is 26.7 Å². The van der Waals surface area contributed by atoms with E-state index in [9.17, 15) is 4.57 Å².